The number of rotatable bonds is 10. The molecule has 2 heteroatoms. The Bertz CT molecular complexity index is 321. The Hall–Kier alpha value is -0.860. The Morgan fingerprint density at radius 1 is 1.11 bits per heavy atom. The second kappa shape index (κ2) is 9.11. The third-order valence-electron chi connectivity index (χ3n) is 3.50. The van der Waals surface area contributed by atoms with Crippen LogP contribution in [0.15, 0.2) is 30.3 Å². The molecular weight excluding hydrogens is 234 g/mol. The van der Waals surface area contributed by atoms with Gasteiger partial charge in [-0.1, -0.05) is 44.2 Å². The first-order chi connectivity index (χ1) is 9.14. The van der Waals surface area contributed by atoms with Crippen molar-refractivity contribution in [3.8, 4) is 0 Å². The van der Waals surface area contributed by atoms with Crippen molar-refractivity contribution < 1.29 is 4.74 Å². The third kappa shape index (κ3) is 8.02. The van der Waals surface area contributed by atoms with Crippen LogP contribution in [0.3, 0.4) is 0 Å². The Morgan fingerprint density at radius 2 is 1.84 bits per heavy atom. The molecule has 0 saturated heterocycles. The van der Waals surface area contributed by atoms with Gasteiger partial charge in [-0.25, -0.2) is 0 Å². The fourth-order valence-corrected chi connectivity index (χ4v) is 2.12. The molecule has 0 unspecified atom stereocenters. The molecule has 0 atom stereocenters. The van der Waals surface area contributed by atoms with Crippen molar-refractivity contribution >= 4 is 0 Å². The molecule has 1 aromatic carbocycles. The molecule has 108 valence electrons. The molecule has 0 aliphatic heterocycles. The summed E-state index contributed by atoms with van der Waals surface area (Å²) in [5.74, 6) is 0. The summed E-state index contributed by atoms with van der Waals surface area (Å²) < 4.78 is 5.14. The zero-order valence-electron chi connectivity index (χ0n) is 12.7. The molecule has 2 nitrogen and oxygen atoms in total. The van der Waals surface area contributed by atoms with Crippen LogP contribution >= 0.6 is 0 Å². The largest absolute Gasteiger partial charge is 0.385 e. The smallest absolute Gasteiger partial charge is 0.0467 e. The number of ether oxygens (including phenoxy) is 1. The van der Waals surface area contributed by atoms with Gasteiger partial charge in [0.2, 0.25) is 0 Å². The van der Waals surface area contributed by atoms with Crippen molar-refractivity contribution in [3.63, 3.8) is 0 Å². The fourth-order valence-electron chi connectivity index (χ4n) is 2.12. The standard InChI is InChI=1S/C17H29NO/c1-17(2,12-14-19-3)15-18-13-8-7-11-16-9-5-4-6-10-16/h4-6,9-10,18H,7-8,11-15H2,1-3H3. The van der Waals surface area contributed by atoms with Gasteiger partial charge < -0.3 is 10.1 Å². The average molecular weight is 263 g/mol. The molecule has 0 aromatic heterocycles. The summed E-state index contributed by atoms with van der Waals surface area (Å²) in [6, 6.07) is 10.7. The summed E-state index contributed by atoms with van der Waals surface area (Å²) in [4.78, 5) is 0. The van der Waals surface area contributed by atoms with Gasteiger partial charge in [0.25, 0.3) is 0 Å². The van der Waals surface area contributed by atoms with Crippen LogP contribution in [0.1, 0.15) is 38.7 Å². The predicted molar refractivity (Wildman–Crippen MR) is 82.5 cm³/mol. The van der Waals surface area contributed by atoms with Crippen LogP contribution in [-0.2, 0) is 11.2 Å². The minimum Gasteiger partial charge on any atom is -0.385 e. The molecule has 1 aromatic rings. The van der Waals surface area contributed by atoms with Gasteiger partial charge in [0.15, 0.2) is 0 Å². The highest BCUT2D eigenvalue weighted by atomic mass is 16.5. The van der Waals surface area contributed by atoms with Gasteiger partial charge in [0, 0.05) is 20.3 Å². The topological polar surface area (TPSA) is 21.3 Å². The minimum absolute atomic E-state index is 0.329. The molecule has 0 aliphatic rings. The number of hydrogen-bond acceptors (Lipinski definition) is 2. The molecule has 0 heterocycles. The van der Waals surface area contributed by atoms with E-state index in [1.807, 2.05) is 0 Å². The lowest BCUT2D eigenvalue weighted by molar-refractivity contribution is 0.151. The van der Waals surface area contributed by atoms with Gasteiger partial charge in [-0.3, -0.25) is 0 Å². The van der Waals surface area contributed by atoms with Crippen LogP contribution in [0.5, 0.6) is 0 Å². The molecule has 0 bridgehead atoms. The third-order valence-corrected chi connectivity index (χ3v) is 3.50. The van der Waals surface area contributed by atoms with E-state index >= 15 is 0 Å². The lowest BCUT2D eigenvalue weighted by atomic mass is 9.90. The molecule has 19 heavy (non-hydrogen) atoms. The number of aryl methyl sites for hydroxylation is 1. The SMILES string of the molecule is COCCC(C)(C)CNCCCCc1ccccc1. The van der Waals surface area contributed by atoms with E-state index in [1.54, 1.807) is 7.11 Å². The molecule has 0 fully saturated rings. The van der Waals surface area contributed by atoms with Crippen LogP contribution in [0.2, 0.25) is 0 Å². The van der Waals surface area contributed by atoms with Crippen molar-refractivity contribution in [2.24, 2.45) is 5.41 Å². The van der Waals surface area contributed by atoms with Crippen LogP contribution in [-0.4, -0.2) is 26.8 Å². The van der Waals surface area contributed by atoms with E-state index < -0.39 is 0 Å². The highest BCUT2D eigenvalue weighted by molar-refractivity contribution is 5.14. The molecule has 1 rings (SSSR count). The predicted octanol–water partition coefficient (Wildman–Crippen LogP) is 3.66. The summed E-state index contributed by atoms with van der Waals surface area (Å²) in [5, 5.41) is 3.57. The molecule has 1 N–H and O–H groups in total. The fraction of sp³-hybridized carbons (Fsp3) is 0.647. The summed E-state index contributed by atoms with van der Waals surface area (Å²) in [5.41, 5.74) is 1.78. The van der Waals surface area contributed by atoms with Gasteiger partial charge in [0.1, 0.15) is 0 Å². The van der Waals surface area contributed by atoms with Gasteiger partial charge >= 0.3 is 0 Å². The van der Waals surface area contributed by atoms with Crippen molar-refractivity contribution in [1.82, 2.24) is 5.32 Å². The normalized spacial score (nSPS) is 11.7. The zero-order valence-corrected chi connectivity index (χ0v) is 12.7. The average Bonchev–Trinajstić information content (AvgIpc) is 2.42. The maximum atomic E-state index is 5.14. The molecular formula is C17H29NO. The Balaban J connectivity index is 2.02. The van der Waals surface area contributed by atoms with Crippen molar-refractivity contribution in [2.75, 3.05) is 26.8 Å². The van der Waals surface area contributed by atoms with Crippen LogP contribution in [0.4, 0.5) is 0 Å². The van der Waals surface area contributed by atoms with E-state index in [0.717, 1.165) is 26.1 Å². The van der Waals surface area contributed by atoms with E-state index in [4.69, 9.17) is 4.74 Å². The number of nitrogens with one attached hydrogen (secondary N) is 1. The molecule has 0 saturated carbocycles. The Kier molecular flexibility index (Phi) is 7.76. The number of unbranched alkanes of at least 4 members (excludes halogenated alkanes) is 1. The van der Waals surface area contributed by atoms with Crippen molar-refractivity contribution in [3.05, 3.63) is 35.9 Å². The van der Waals surface area contributed by atoms with Crippen LogP contribution in [0, 0.1) is 5.41 Å². The highest BCUT2D eigenvalue weighted by Crippen LogP contribution is 2.18. The minimum atomic E-state index is 0.329. The summed E-state index contributed by atoms with van der Waals surface area (Å²) in [6.07, 6.45) is 4.81. The zero-order chi connectivity index (χ0) is 14.0. The number of hydrogen-bond donors (Lipinski definition) is 1. The number of benzene rings is 1. The summed E-state index contributed by atoms with van der Waals surface area (Å²) in [6.45, 7) is 7.62. The van der Waals surface area contributed by atoms with E-state index in [0.29, 0.717) is 5.41 Å². The first-order valence-corrected chi connectivity index (χ1v) is 7.38. The van der Waals surface area contributed by atoms with Gasteiger partial charge in [-0.2, -0.15) is 0 Å². The van der Waals surface area contributed by atoms with Crippen molar-refractivity contribution in [2.45, 2.75) is 39.5 Å². The van der Waals surface area contributed by atoms with E-state index in [2.05, 4.69) is 49.5 Å². The van der Waals surface area contributed by atoms with E-state index in [9.17, 15) is 0 Å². The first-order valence-electron chi connectivity index (χ1n) is 7.38. The van der Waals surface area contributed by atoms with Crippen LogP contribution in [0.25, 0.3) is 0 Å². The molecule has 0 amide bonds. The molecule has 0 spiro atoms. The molecule has 0 radical (unpaired) electrons. The second-order valence-electron chi connectivity index (χ2n) is 6.03. The van der Waals surface area contributed by atoms with Gasteiger partial charge in [-0.15, -0.1) is 0 Å². The lowest BCUT2D eigenvalue weighted by Crippen LogP contribution is -2.31. The Morgan fingerprint density at radius 3 is 2.53 bits per heavy atom. The number of methoxy groups -OCH3 is 1. The second-order valence-corrected chi connectivity index (χ2v) is 6.03. The first kappa shape index (κ1) is 16.2. The van der Waals surface area contributed by atoms with Crippen LogP contribution < -0.4 is 5.32 Å². The quantitative estimate of drug-likeness (QED) is 0.650. The van der Waals surface area contributed by atoms with Gasteiger partial charge in [0.05, 0.1) is 0 Å². The monoisotopic (exact) mass is 263 g/mol. The molecule has 0 aliphatic carbocycles. The Labute approximate surface area is 118 Å². The van der Waals surface area contributed by atoms with Gasteiger partial charge in [-0.05, 0) is 43.2 Å². The maximum absolute atomic E-state index is 5.14. The summed E-state index contributed by atoms with van der Waals surface area (Å²) >= 11 is 0. The lowest BCUT2D eigenvalue weighted by Gasteiger charge is -2.24. The van der Waals surface area contributed by atoms with E-state index in [-0.39, 0.29) is 0 Å². The van der Waals surface area contributed by atoms with E-state index in [1.165, 1.54) is 24.8 Å². The maximum Gasteiger partial charge on any atom is 0.0467 e. The highest BCUT2D eigenvalue weighted by Gasteiger charge is 2.16. The summed E-state index contributed by atoms with van der Waals surface area (Å²) in [7, 11) is 1.77. The van der Waals surface area contributed by atoms with Crippen molar-refractivity contribution in [1.29, 1.82) is 0 Å².